The summed E-state index contributed by atoms with van der Waals surface area (Å²) in [5.41, 5.74) is 6.19. The third-order valence-electron chi connectivity index (χ3n) is 4.28. The van der Waals surface area contributed by atoms with Gasteiger partial charge in [-0.3, -0.25) is 4.90 Å². The molecule has 2 nitrogen and oxygen atoms in total. The molecule has 1 unspecified atom stereocenters. The summed E-state index contributed by atoms with van der Waals surface area (Å²) in [6, 6.07) is 1.72. The number of nitrogens with zero attached hydrogens (tertiary/aromatic N) is 1. The molecule has 0 aliphatic carbocycles. The van der Waals surface area contributed by atoms with Gasteiger partial charge in [-0.15, -0.1) is 0 Å². The molecule has 2 saturated heterocycles. The Balaban J connectivity index is 2.15. The second-order valence-corrected chi connectivity index (χ2v) is 4.92. The Morgan fingerprint density at radius 3 is 2.00 bits per heavy atom. The smallest absolute Gasteiger partial charge is 0.0306 e. The zero-order chi connectivity index (χ0) is 9.47. The minimum atomic E-state index is 0.280. The third-order valence-corrected chi connectivity index (χ3v) is 4.28. The van der Waals surface area contributed by atoms with Crippen molar-refractivity contribution < 1.29 is 0 Å². The van der Waals surface area contributed by atoms with Crippen LogP contribution in [0, 0.1) is 0 Å². The maximum absolute atomic E-state index is 5.91. The highest BCUT2D eigenvalue weighted by atomic mass is 15.3. The van der Waals surface area contributed by atoms with E-state index in [4.69, 9.17) is 5.73 Å². The Kier molecular flexibility index (Phi) is 2.37. The molecule has 2 rings (SSSR count). The zero-order valence-corrected chi connectivity index (χ0v) is 8.92. The Hall–Kier alpha value is -0.0800. The Labute approximate surface area is 81.5 Å². The lowest BCUT2D eigenvalue weighted by Crippen LogP contribution is -2.53. The van der Waals surface area contributed by atoms with Gasteiger partial charge < -0.3 is 5.73 Å². The highest BCUT2D eigenvalue weighted by molar-refractivity contribution is 5.03. The lowest BCUT2D eigenvalue weighted by Gasteiger charge is -2.40. The van der Waals surface area contributed by atoms with Crippen LogP contribution in [0.5, 0.6) is 0 Å². The standard InChI is InChI=1S/C11H22N2/c1-3-11(2,8-12)13-9-4-5-10(13)7-6-9/h9-10H,3-8,12H2,1-2H3. The molecule has 2 aliphatic rings. The van der Waals surface area contributed by atoms with E-state index in [1.807, 2.05) is 0 Å². The number of hydrogen-bond donors (Lipinski definition) is 1. The van der Waals surface area contributed by atoms with Gasteiger partial charge >= 0.3 is 0 Å². The summed E-state index contributed by atoms with van der Waals surface area (Å²) in [4.78, 5) is 2.73. The summed E-state index contributed by atoms with van der Waals surface area (Å²) in [7, 11) is 0. The third kappa shape index (κ3) is 1.31. The Morgan fingerprint density at radius 2 is 1.69 bits per heavy atom. The second kappa shape index (κ2) is 3.25. The van der Waals surface area contributed by atoms with Gasteiger partial charge in [-0.2, -0.15) is 0 Å². The zero-order valence-electron chi connectivity index (χ0n) is 8.92. The van der Waals surface area contributed by atoms with Crippen LogP contribution in [-0.4, -0.2) is 29.1 Å². The number of nitrogens with two attached hydrogens (primary N) is 1. The highest BCUT2D eigenvalue weighted by Crippen LogP contribution is 2.42. The second-order valence-electron chi connectivity index (χ2n) is 4.92. The fraction of sp³-hybridized carbons (Fsp3) is 1.00. The molecule has 76 valence electrons. The summed E-state index contributed by atoms with van der Waals surface area (Å²) >= 11 is 0. The molecule has 1 atom stereocenters. The molecule has 2 aliphatic heterocycles. The topological polar surface area (TPSA) is 29.3 Å². The van der Waals surface area contributed by atoms with Crippen molar-refractivity contribution in [3.8, 4) is 0 Å². The molecule has 13 heavy (non-hydrogen) atoms. The summed E-state index contributed by atoms with van der Waals surface area (Å²) < 4.78 is 0. The molecule has 2 N–H and O–H groups in total. The Bertz CT molecular complexity index is 167. The van der Waals surface area contributed by atoms with Crippen LogP contribution >= 0.6 is 0 Å². The first-order chi connectivity index (χ1) is 6.21. The van der Waals surface area contributed by atoms with E-state index in [0.29, 0.717) is 0 Å². The van der Waals surface area contributed by atoms with Gasteiger partial charge in [0.1, 0.15) is 0 Å². The molecule has 2 heterocycles. The van der Waals surface area contributed by atoms with Crippen molar-refractivity contribution in [3.63, 3.8) is 0 Å². The first-order valence-corrected chi connectivity index (χ1v) is 5.70. The number of rotatable bonds is 3. The fourth-order valence-corrected chi connectivity index (χ4v) is 3.23. The summed E-state index contributed by atoms with van der Waals surface area (Å²) in [6.07, 6.45) is 6.86. The highest BCUT2D eigenvalue weighted by Gasteiger charge is 2.46. The summed E-state index contributed by atoms with van der Waals surface area (Å²) in [5, 5.41) is 0. The van der Waals surface area contributed by atoms with E-state index < -0.39 is 0 Å². The minimum absolute atomic E-state index is 0.280. The quantitative estimate of drug-likeness (QED) is 0.720. The van der Waals surface area contributed by atoms with Gasteiger partial charge in [-0.05, 0) is 39.0 Å². The lowest BCUT2D eigenvalue weighted by molar-refractivity contribution is 0.0874. The van der Waals surface area contributed by atoms with Crippen LogP contribution in [0.25, 0.3) is 0 Å². The van der Waals surface area contributed by atoms with Gasteiger partial charge in [-0.25, -0.2) is 0 Å². The normalized spacial score (nSPS) is 38.1. The van der Waals surface area contributed by atoms with Crippen LogP contribution in [0.3, 0.4) is 0 Å². The van der Waals surface area contributed by atoms with Gasteiger partial charge in [0.2, 0.25) is 0 Å². The first kappa shape index (κ1) is 9.47. The monoisotopic (exact) mass is 182 g/mol. The molecule has 0 saturated carbocycles. The number of fused-ring (bicyclic) bond motifs is 2. The van der Waals surface area contributed by atoms with E-state index in [0.717, 1.165) is 18.6 Å². The molecule has 0 spiro atoms. The van der Waals surface area contributed by atoms with Crippen LogP contribution in [0.1, 0.15) is 46.0 Å². The summed E-state index contributed by atoms with van der Waals surface area (Å²) in [5.74, 6) is 0. The molecular formula is C11H22N2. The van der Waals surface area contributed by atoms with Gasteiger partial charge in [0, 0.05) is 24.2 Å². The van der Waals surface area contributed by atoms with Crippen molar-refractivity contribution in [1.29, 1.82) is 0 Å². The van der Waals surface area contributed by atoms with E-state index in [1.165, 1.54) is 32.1 Å². The molecule has 2 bridgehead atoms. The van der Waals surface area contributed by atoms with E-state index >= 15 is 0 Å². The van der Waals surface area contributed by atoms with Gasteiger partial charge in [-0.1, -0.05) is 6.92 Å². The van der Waals surface area contributed by atoms with Crippen LogP contribution in [-0.2, 0) is 0 Å². The van der Waals surface area contributed by atoms with Crippen LogP contribution < -0.4 is 5.73 Å². The van der Waals surface area contributed by atoms with Gasteiger partial charge in [0.25, 0.3) is 0 Å². The van der Waals surface area contributed by atoms with Crippen molar-refractivity contribution >= 4 is 0 Å². The predicted molar refractivity (Wildman–Crippen MR) is 55.6 cm³/mol. The van der Waals surface area contributed by atoms with E-state index in [1.54, 1.807) is 0 Å². The molecule has 2 heteroatoms. The fourth-order valence-electron chi connectivity index (χ4n) is 3.23. The predicted octanol–water partition coefficient (Wildman–Crippen LogP) is 1.74. The minimum Gasteiger partial charge on any atom is -0.329 e. The SMILES string of the molecule is CCC(C)(CN)N1C2CCC1CC2. The number of hydrogen-bond acceptors (Lipinski definition) is 2. The van der Waals surface area contributed by atoms with Crippen molar-refractivity contribution in [2.75, 3.05) is 6.54 Å². The molecule has 0 aromatic rings. The van der Waals surface area contributed by atoms with Crippen molar-refractivity contribution in [2.24, 2.45) is 5.73 Å². The maximum atomic E-state index is 5.91. The molecule has 0 aromatic carbocycles. The molecule has 0 amide bonds. The average Bonchev–Trinajstić information content (AvgIpc) is 2.76. The average molecular weight is 182 g/mol. The van der Waals surface area contributed by atoms with Crippen LogP contribution in [0.2, 0.25) is 0 Å². The van der Waals surface area contributed by atoms with Gasteiger partial charge in [0.05, 0.1) is 0 Å². The van der Waals surface area contributed by atoms with E-state index in [9.17, 15) is 0 Å². The van der Waals surface area contributed by atoms with Gasteiger partial charge in [0.15, 0.2) is 0 Å². The van der Waals surface area contributed by atoms with Crippen molar-refractivity contribution in [2.45, 2.75) is 63.6 Å². The van der Waals surface area contributed by atoms with Crippen molar-refractivity contribution in [1.82, 2.24) is 4.90 Å². The maximum Gasteiger partial charge on any atom is 0.0306 e. The molecule has 2 fully saturated rings. The van der Waals surface area contributed by atoms with Crippen molar-refractivity contribution in [3.05, 3.63) is 0 Å². The van der Waals surface area contributed by atoms with E-state index in [2.05, 4.69) is 18.7 Å². The first-order valence-electron chi connectivity index (χ1n) is 5.70. The Morgan fingerprint density at radius 1 is 1.23 bits per heavy atom. The largest absolute Gasteiger partial charge is 0.329 e. The van der Waals surface area contributed by atoms with Crippen LogP contribution in [0.15, 0.2) is 0 Å². The van der Waals surface area contributed by atoms with E-state index in [-0.39, 0.29) is 5.54 Å². The molecule has 0 aromatic heterocycles. The summed E-state index contributed by atoms with van der Waals surface area (Å²) in [6.45, 7) is 5.42. The lowest BCUT2D eigenvalue weighted by atomic mass is 9.96. The molecule has 0 radical (unpaired) electrons. The van der Waals surface area contributed by atoms with Crippen LogP contribution in [0.4, 0.5) is 0 Å². The molecular weight excluding hydrogens is 160 g/mol.